The predicted octanol–water partition coefficient (Wildman–Crippen LogP) is 2.01. The summed E-state index contributed by atoms with van der Waals surface area (Å²) >= 11 is 1.17. The SMILES string of the molecule is CN1C(=O)c2cccc(NC(=O)C3CCN(S(=O)(=O)c4cccs4)CC3)c2C1=O. The van der Waals surface area contributed by atoms with Gasteiger partial charge in [-0.25, -0.2) is 8.42 Å². The van der Waals surface area contributed by atoms with Gasteiger partial charge in [0.2, 0.25) is 5.91 Å². The van der Waals surface area contributed by atoms with Crippen LogP contribution in [-0.2, 0) is 14.8 Å². The summed E-state index contributed by atoms with van der Waals surface area (Å²) in [5.74, 6) is -1.49. The molecule has 0 bridgehead atoms. The van der Waals surface area contributed by atoms with E-state index in [0.29, 0.717) is 22.7 Å². The van der Waals surface area contributed by atoms with Crippen LogP contribution < -0.4 is 5.32 Å². The van der Waals surface area contributed by atoms with Crippen LogP contribution in [-0.4, -0.2) is 55.5 Å². The Bertz CT molecular complexity index is 1090. The number of nitrogens with one attached hydrogen (secondary N) is 1. The number of benzene rings is 1. The third-order valence-corrected chi connectivity index (χ3v) is 8.56. The van der Waals surface area contributed by atoms with E-state index < -0.39 is 21.8 Å². The van der Waals surface area contributed by atoms with Crippen LogP contribution in [0.2, 0.25) is 0 Å². The fourth-order valence-corrected chi connectivity index (χ4v) is 6.25. The first-order valence-electron chi connectivity index (χ1n) is 9.10. The fourth-order valence-electron chi connectivity index (χ4n) is 3.64. The molecule has 1 aromatic heterocycles. The first-order chi connectivity index (χ1) is 13.8. The Morgan fingerprint density at radius 3 is 2.48 bits per heavy atom. The number of carbonyl (C=O) groups excluding carboxylic acids is 3. The summed E-state index contributed by atoms with van der Waals surface area (Å²) in [6.07, 6.45) is 0.774. The van der Waals surface area contributed by atoms with Crippen molar-refractivity contribution in [3.8, 4) is 0 Å². The highest BCUT2D eigenvalue weighted by molar-refractivity contribution is 7.91. The predicted molar refractivity (Wildman–Crippen MR) is 107 cm³/mol. The van der Waals surface area contributed by atoms with Gasteiger partial charge in [0, 0.05) is 26.1 Å². The van der Waals surface area contributed by atoms with Crippen LogP contribution in [0.25, 0.3) is 0 Å². The van der Waals surface area contributed by atoms with Crippen molar-refractivity contribution in [2.45, 2.75) is 17.1 Å². The second kappa shape index (κ2) is 7.36. The van der Waals surface area contributed by atoms with Gasteiger partial charge < -0.3 is 5.32 Å². The molecular formula is C19H19N3O5S2. The lowest BCUT2D eigenvalue weighted by atomic mass is 9.96. The summed E-state index contributed by atoms with van der Waals surface area (Å²) in [4.78, 5) is 38.2. The van der Waals surface area contributed by atoms with Crippen LogP contribution in [0.4, 0.5) is 5.69 Å². The Morgan fingerprint density at radius 1 is 1.10 bits per heavy atom. The highest BCUT2D eigenvalue weighted by Gasteiger charge is 2.36. The molecule has 0 atom stereocenters. The second-order valence-electron chi connectivity index (χ2n) is 7.00. The number of anilines is 1. The molecule has 0 radical (unpaired) electrons. The van der Waals surface area contributed by atoms with Crippen molar-refractivity contribution in [1.82, 2.24) is 9.21 Å². The minimum absolute atomic E-state index is 0.200. The number of fused-ring (bicyclic) bond motifs is 1. The largest absolute Gasteiger partial charge is 0.325 e. The minimum Gasteiger partial charge on any atom is -0.325 e. The lowest BCUT2D eigenvalue weighted by Gasteiger charge is -2.30. The van der Waals surface area contributed by atoms with E-state index in [-0.39, 0.29) is 36.0 Å². The Labute approximate surface area is 172 Å². The Balaban J connectivity index is 1.45. The summed E-state index contributed by atoms with van der Waals surface area (Å²) in [5.41, 5.74) is 0.780. The van der Waals surface area contributed by atoms with Gasteiger partial charge in [0.25, 0.3) is 21.8 Å². The van der Waals surface area contributed by atoms with Gasteiger partial charge in [-0.2, -0.15) is 4.31 Å². The van der Waals surface area contributed by atoms with Crippen LogP contribution in [0.5, 0.6) is 0 Å². The Kier molecular flexibility index (Phi) is 5.01. The van der Waals surface area contributed by atoms with E-state index in [9.17, 15) is 22.8 Å². The van der Waals surface area contributed by atoms with Crippen LogP contribution in [0, 0.1) is 5.92 Å². The van der Waals surface area contributed by atoms with Crippen LogP contribution in [0.1, 0.15) is 33.6 Å². The fraction of sp³-hybridized carbons (Fsp3) is 0.316. The first-order valence-corrected chi connectivity index (χ1v) is 11.4. The van der Waals surface area contributed by atoms with Gasteiger partial charge in [-0.15, -0.1) is 11.3 Å². The summed E-state index contributed by atoms with van der Waals surface area (Å²) in [5, 5.41) is 4.48. The molecular weight excluding hydrogens is 414 g/mol. The smallest absolute Gasteiger partial charge is 0.263 e. The van der Waals surface area contributed by atoms with Crippen molar-refractivity contribution in [1.29, 1.82) is 0 Å². The quantitative estimate of drug-likeness (QED) is 0.743. The number of piperidine rings is 1. The van der Waals surface area contributed by atoms with Crippen LogP contribution in [0.15, 0.2) is 39.9 Å². The van der Waals surface area contributed by atoms with Crippen molar-refractivity contribution < 1.29 is 22.8 Å². The molecule has 10 heteroatoms. The summed E-state index contributed by atoms with van der Waals surface area (Å²) in [6.45, 7) is 0.511. The summed E-state index contributed by atoms with van der Waals surface area (Å²) < 4.78 is 26.9. The average Bonchev–Trinajstić information content (AvgIpc) is 3.34. The number of hydrogen-bond acceptors (Lipinski definition) is 6. The van der Waals surface area contributed by atoms with Gasteiger partial charge in [-0.05, 0) is 36.4 Å². The molecule has 1 N–H and O–H groups in total. The highest BCUT2D eigenvalue weighted by atomic mass is 32.2. The van der Waals surface area contributed by atoms with E-state index in [4.69, 9.17) is 0 Å². The summed E-state index contributed by atoms with van der Waals surface area (Å²) in [6, 6.07) is 8.04. The minimum atomic E-state index is -3.52. The van der Waals surface area contributed by atoms with Crippen molar-refractivity contribution in [3.05, 3.63) is 46.8 Å². The molecule has 2 aromatic rings. The molecule has 152 valence electrons. The van der Waals surface area contributed by atoms with Crippen LogP contribution >= 0.6 is 11.3 Å². The number of amides is 3. The lowest BCUT2D eigenvalue weighted by molar-refractivity contribution is -0.120. The number of nitrogens with zero attached hydrogens (tertiary/aromatic N) is 2. The van der Waals surface area contributed by atoms with E-state index in [2.05, 4.69) is 5.32 Å². The molecule has 0 unspecified atom stereocenters. The van der Waals surface area contributed by atoms with E-state index in [1.807, 2.05) is 0 Å². The standard InChI is InChI=1S/C19H19N3O5S2/c1-21-18(24)13-4-2-5-14(16(13)19(21)25)20-17(23)12-7-9-22(10-8-12)29(26,27)15-6-3-11-28-15/h2-6,11-12H,7-10H2,1H3,(H,20,23). The molecule has 1 aromatic carbocycles. The second-order valence-corrected chi connectivity index (χ2v) is 10.1. The molecule has 4 rings (SSSR count). The number of sulfonamides is 1. The van der Waals surface area contributed by atoms with Crippen molar-refractivity contribution in [3.63, 3.8) is 0 Å². The zero-order valence-electron chi connectivity index (χ0n) is 15.6. The lowest BCUT2D eigenvalue weighted by Crippen LogP contribution is -2.41. The molecule has 3 heterocycles. The molecule has 1 saturated heterocycles. The molecule has 0 aliphatic carbocycles. The van der Waals surface area contributed by atoms with Crippen molar-refractivity contribution in [2.75, 3.05) is 25.5 Å². The van der Waals surface area contributed by atoms with Gasteiger partial charge in [0.15, 0.2) is 0 Å². The van der Waals surface area contributed by atoms with Crippen molar-refractivity contribution >= 4 is 44.8 Å². The maximum Gasteiger partial charge on any atom is 0.263 e. The molecule has 3 amide bonds. The van der Waals surface area contributed by atoms with Crippen LogP contribution in [0.3, 0.4) is 0 Å². The molecule has 29 heavy (non-hydrogen) atoms. The topological polar surface area (TPSA) is 104 Å². The van der Waals surface area contributed by atoms with E-state index in [0.717, 1.165) is 4.90 Å². The molecule has 0 saturated carbocycles. The average molecular weight is 434 g/mol. The zero-order chi connectivity index (χ0) is 20.8. The van der Waals surface area contributed by atoms with Gasteiger partial charge in [-0.1, -0.05) is 12.1 Å². The maximum absolute atomic E-state index is 12.7. The zero-order valence-corrected chi connectivity index (χ0v) is 17.3. The molecule has 2 aliphatic heterocycles. The number of carbonyl (C=O) groups is 3. The van der Waals surface area contributed by atoms with Gasteiger partial charge in [-0.3, -0.25) is 19.3 Å². The monoisotopic (exact) mass is 433 g/mol. The molecule has 1 fully saturated rings. The van der Waals surface area contributed by atoms with E-state index >= 15 is 0 Å². The molecule has 2 aliphatic rings. The maximum atomic E-state index is 12.7. The van der Waals surface area contributed by atoms with Gasteiger partial charge >= 0.3 is 0 Å². The van der Waals surface area contributed by atoms with Gasteiger partial charge in [0.05, 0.1) is 16.8 Å². The number of rotatable bonds is 4. The van der Waals surface area contributed by atoms with Gasteiger partial charge in [0.1, 0.15) is 4.21 Å². The number of thiophene rings is 1. The molecule has 0 spiro atoms. The van der Waals surface area contributed by atoms with E-state index in [1.54, 1.807) is 35.7 Å². The third kappa shape index (κ3) is 3.37. The number of imide groups is 1. The summed E-state index contributed by atoms with van der Waals surface area (Å²) in [7, 11) is -2.12. The Morgan fingerprint density at radius 2 is 1.83 bits per heavy atom. The Hall–Kier alpha value is -2.56. The normalized spacial score (nSPS) is 18.2. The first kappa shape index (κ1) is 19.7. The van der Waals surface area contributed by atoms with E-state index in [1.165, 1.54) is 22.7 Å². The highest BCUT2D eigenvalue weighted by Crippen LogP contribution is 2.30. The number of hydrogen-bond donors (Lipinski definition) is 1. The molecule has 8 nitrogen and oxygen atoms in total. The third-order valence-electron chi connectivity index (χ3n) is 5.29. The van der Waals surface area contributed by atoms with Crippen molar-refractivity contribution in [2.24, 2.45) is 5.92 Å².